The molecule has 1 aliphatic carbocycles. The number of carbonyl (C=O) groups excluding carboxylic acids is 1. The zero-order valence-corrected chi connectivity index (χ0v) is 10.5. The van der Waals surface area contributed by atoms with Crippen molar-refractivity contribution in [2.75, 3.05) is 13.2 Å². The van der Waals surface area contributed by atoms with E-state index in [-0.39, 0.29) is 19.6 Å². The van der Waals surface area contributed by atoms with E-state index in [4.69, 9.17) is 4.74 Å². The number of hydrogen-bond acceptors (Lipinski definition) is 4. The van der Waals surface area contributed by atoms with Gasteiger partial charge in [-0.1, -0.05) is 18.2 Å². The van der Waals surface area contributed by atoms with E-state index in [1.54, 1.807) is 0 Å². The first kappa shape index (κ1) is 13.1. The maximum atomic E-state index is 11.8. The molecule has 0 atom stereocenters. The lowest BCUT2D eigenvalue weighted by Gasteiger charge is -2.21. The van der Waals surface area contributed by atoms with Gasteiger partial charge in [-0.2, -0.15) is 0 Å². The molecule has 0 aromatic heterocycles. The fraction of sp³-hybridized carbons (Fsp3) is 0.500. The number of carbonyl (C=O) groups is 1. The second kappa shape index (κ2) is 5.08. The van der Waals surface area contributed by atoms with E-state index in [0.29, 0.717) is 5.57 Å². The maximum Gasteiger partial charge on any atom is 0.335 e. The fourth-order valence-electron chi connectivity index (χ4n) is 2.27. The van der Waals surface area contributed by atoms with Gasteiger partial charge in [0.05, 0.1) is 13.2 Å². The lowest BCUT2D eigenvalue weighted by atomic mass is 9.91. The first-order chi connectivity index (χ1) is 8.62. The number of cyclic esters (lactones) is 1. The molecule has 0 amide bonds. The van der Waals surface area contributed by atoms with Crippen molar-refractivity contribution in [3.8, 4) is 0 Å². The summed E-state index contributed by atoms with van der Waals surface area (Å²) < 4.78 is 5.12. The van der Waals surface area contributed by atoms with Gasteiger partial charge in [-0.3, -0.25) is 0 Å². The summed E-state index contributed by atoms with van der Waals surface area (Å²) in [6, 6.07) is 0. The number of ether oxygens (including phenoxy) is 1. The third kappa shape index (κ3) is 2.26. The summed E-state index contributed by atoms with van der Waals surface area (Å²) in [6.45, 7) is 1.16. The van der Waals surface area contributed by atoms with Gasteiger partial charge in [-0.25, -0.2) is 4.79 Å². The average Bonchev–Trinajstić information content (AvgIpc) is 2.77. The minimum absolute atomic E-state index is 0.260. The van der Waals surface area contributed by atoms with E-state index < -0.39 is 11.6 Å². The van der Waals surface area contributed by atoms with Crippen LogP contribution in [0.15, 0.2) is 34.9 Å². The van der Waals surface area contributed by atoms with Gasteiger partial charge in [-0.05, 0) is 30.9 Å². The molecular formula is C14H18O4. The minimum Gasteiger partial charge on any atom is -0.450 e. The molecule has 0 unspecified atom stereocenters. The van der Waals surface area contributed by atoms with E-state index in [1.165, 1.54) is 0 Å². The summed E-state index contributed by atoms with van der Waals surface area (Å²) in [7, 11) is 0. The van der Waals surface area contributed by atoms with Gasteiger partial charge < -0.3 is 14.9 Å². The van der Waals surface area contributed by atoms with E-state index in [1.807, 2.05) is 13.0 Å². The second-order valence-electron chi connectivity index (χ2n) is 4.81. The highest BCUT2D eigenvalue weighted by Crippen LogP contribution is 2.34. The van der Waals surface area contributed by atoms with Gasteiger partial charge in [0.15, 0.2) is 5.60 Å². The van der Waals surface area contributed by atoms with E-state index in [2.05, 4.69) is 12.2 Å². The van der Waals surface area contributed by atoms with Crippen LogP contribution in [0.1, 0.15) is 26.2 Å². The van der Waals surface area contributed by atoms with Gasteiger partial charge in [0, 0.05) is 12.0 Å². The molecule has 0 saturated carbocycles. The highest BCUT2D eigenvalue weighted by Gasteiger charge is 2.43. The Morgan fingerprint density at radius 2 is 2.11 bits per heavy atom. The summed E-state index contributed by atoms with van der Waals surface area (Å²) in [5.41, 5.74) is 1.31. The first-order valence-electron chi connectivity index (χ1n) is 6.14. The van der Waals surface area contributed by atoms with Crippen LogP contribution in [0, 0.1) is 0 Å². The number of aliphatic hydroxyl groups is 2. The molecule has 2 N–H and O–H groups in total. The van der Waals surface area contributed by atoms with Gasteiger partial charge in [0.2, 0.25) is 0 Å². The van der Waals surface area contributed by atoms with E-state index in [9.17, 15) is 15.0 Å². The van der Waals surface area contributed by atoms with Crippen LogP contribution in [0.25, 0.3) is 0 Å². The van der Waals surface area contributed by atoms with Crippen molar-refractivity contribution in [3.05, 3.63) is 34.9 Å². The van der Waals surface area contributed by atoms with Crippen LogP contribution in [0.3, 0.4) is 0 Å². The van der Waals surface area contributed by atoms with Crippen LogP contribution in [-0.2, 0) is 9.53 Å². The summed E-state index contributed by atoms with van der Waals surface area (Å²) >= 11 is 0. The second-order valence-corrected chi connectivity index (χ2v) is 4.81. The summed E-state index contributed by atoms with van der Waals surface area (Å²) in [6.07, 6.45) is 8.41. The molecule has 0 radical (unpaired) electrons. The molecular weight excluding hydrogens is 232 g/mol. The van der Waals surface area contributed by atoms with Crippen molar-refractivity contribution >= 4 is 5.97 Å². The molecule has 1 aliphatic heterocycles. The largest absolute Gasteiger partial charge is 0.450 e. The minimum atomic E-state index is -1.15. The van der Waals surface area contributed by atoms with Crippen molar-refractivity contribution in [3.63, 3.8) is 0 Å². The molecule has 1 heterocycles. The zero-order valence-electron chi connectivity index (χ0n) is 10.5. The molecule has 4 nitrogen and oxygen atoms in total. The molecule has 1 saturated heterocycles. The highest BCUT2D eigenvalue weighted by molar-refractivity contribution is 5.93. The van der Waals surface area contributed by atoms with Gasteiger partial charge in [0.25, 0.3) is 0 Å². The van der Waals surface area contributed by atoms with Crippen LogP contribution in [0.2, 0.25) is 0 Å². The molecule has 2 rings (SSSR count). The van der Waals surface area contributed by atoms with Crippen molar-refractivity contribution in [1.82, 2.24) is 0 Å². The van der Waals surface area contributed by atoms with Crippen LogP contribution < -0.4 is 0 Å². The Kier molecular flexibility index (Phi) is 3.68. The third-order valence-electron chi connectivity index (χ3n) is 3.51. The quantitative estimate of drug-likeness (QED) is 0.584. The molecule has 0 bridgehead atoms. The van der Waals surface area contributed by atoms with Crippen molar-refractivity contribution < 1.29 is 19.7 Å². The monoisotopic (exact) mass is 250 g/mol. The lowest BCUT2D eigenvalue weighted by Crippen LogP contribution is -2.37. The predicted octanol–water partition coefficient (Wildman–Crippen LogP) is 1.25. The third-order valence-corrected chi connectivity index (χ3v) is 3.51. The Morgan fingerprint density at radius 1 is 1.39 bits per heavy atom. The Bertz CT molecular complexity index is 439. The molecule has 1 fully saturated rings. The molecule has 0 spiro atoms. The van der Waals surface area contributed by atoms with Gasteiger partial charge >= 0.3 is 5.97 Å². The van der Waals surface area contributed by atoms with Crippen LogP contribution in [0.5, 0.6) is 0 Å². The Hall–Kier alpha value is -1.39. The lowest BCUT2D eigenvalue weighted by molar-refractivity contribution is -0.154. The molecule has 18 heavy (non-hydrogen) atoms. The van der Waals surface area contributed by atoms with E-state index in [0.717, 1.165) is 24.0 Å². The fourth-order valence-corrected chi connectivity index (χ4v) is 2.27. The van der Waals surface area contributed by atoms with Crippen LogP contribution in [-0.4, -0.2) is 35.0 Å². The predicted molar refractivity (Wildman–Crippen MR) is 66.8 cm³/mol. The Balaban J connectivity index is 2.30. The molecule has 98 valence electrons. The topological polar surface area (TPSA) is 66.8 Å². The molecule has 0 aromatic rings. The van der Waals surface area contributed by atoms with Gasteiger partial charge in [-0.15, -0.1) is 0 Å². The number of aliphatic hydroxyl groups excluding tert-OH is 2. The molecule has 4 heteroatoms. The van der Waals surface area contributed by atoms with E-state index >= 15 is 0 Å². The number of rotatable bonds is 3. The van der Waals surface area contributed by atoms with Crippen molar-refractivity contribution in [1.29, 1.82) is 0 Å². The Morgan fingerprint density at radius 3 is 2.61 bits per heavy atom. The van der Waals surface area contributed by atoms with Gasteiger partial charge in [0.1, 0.15) is 0 Å². The van der Waals surface area contributed by atoms with Crippen molar-refractivity contribution in [2.24, 2.45) is 0 Å². The average molecular weight is 250 g/mol. The molecule has 0 aromatic carbocycles. The summed E-state index contributed by atoms with van der Waals surface area (Å²) in [5, 5.41) is 18.5. The first-order valence-corrected chi connectivity index (χ1v) is 6.14. The summed E-state index contributed by atoms with van der Waals surface area (Å²) in [5.74, 6) is -0.435. The van der Waals surface area contributed by atoms with Crippen LogP contribution >= 0.6 is 0 Å². The maximum absolute atomic E-state index is 11.8. The number of allylic oxidation sites excluding steroid dienone is 5. The normalized spacial score (nSPS) is 24.8. The highest BCUT2D eigenvalue weighted by atomic mass is 16.6. The SMILES string of the molecule is C/C(C1=CCCC=C1)=C1/CC(CO)(CO)OC1=O. The number of hydrogen-bond donors (Lipinski definition) is 2. The smallest absolute Gasteiger partial charge is 0.335 e. The summed E-state index contributed by atoms with van der Waals surface area (Å²) in [4.78, 5) is 11.8. The number of esters is 1. The zero-order chi connectivity index (χ0) is 13.2. The Labute approximate surface area is 106 Å². The van der Waals surface area contributed by atoms with Crippen LogP contribution in [0.4, 0.5) is 0 Å². The standard InChI is InChI=1S/C14H18O4/c1-10(11-5-3-2-4-6-11)12-7-14(8-15,9-16)18-13(12)17/h3,5-6,15-16H,2,4,7-9H2,1H3/b12-10+. The van der Waals surface area contributed by atoms with Crippen molar-refractivity contribution in [2.45, 2.75) is 31.8 Å². The molecule has 2 aliphatic rings.